The summed E-state index contributed by atoms with van der Waals surface area (Å²) in [6, 6.07) is 7.88. The monoisotopic (exact) mass is 342 g/mol. The molecule has 0 radical (unpaired) electrons. The number of nitrogens with one attached hydrogen (secondary N) is 1. The van der Waals surface area contributed by atoms with E-state index in [9.17, 15) is 9.90 Å². The van der Waals surface area contributed by atoms with Gasteiger partial charge in [-0.15, -0.1) is 0 Å². The van der Waals surface area contributed by atoms with Crippen molar-refractivity contribution in [2.45, 2.75) is 25.9 Å². The average molecular weight is 342 g/mol. The van der Waals surface area contributed by atoms with Crippen LogP contribution in [0.5, 0.6) is 5.75 Å². The number of ether oxygens (including phenoxy) is 1. The van der Waals surface area contributed by atoms with Crippen molar-refractivity contribution in [3.8, 4) is 17.0 Å². The van der Waals surface area contributed by atoms with Crippen LogP contribution in [0.1, 0.15) is 24.2 Å². The Labute approximate surface area is 146 Å². The van der Waals surface area contributed by atoms with Crippen LogP contribution < -0.4 is 15.0 Å². The Morgan fingerprint density at radius 2 is 1.96 bits per heavy atom. The molecule has 1 saturated heterocycles. The van der Waals surface area contributed by atoms with Gasteiger partial charge in [0.1, 0.15) is 11.3 Å². The van der Waals surface area contributed by atoms with E-state index in [2.05, 4.69) is 34.0 Å². The quantitative estimate of drug-likeness (QED) is 0.879. The Kier molecular flexibility index (Phi) is 4.85. The Hall–Kier alpha value is -2.67. The fraction of sp³-hybridized carbons (Fsp3) is 0.389. The zero-order valence-corrected chi connectivity index (χ0v) is 14.6. The third-order valence-electron chi connectivity index (χ3n) is 4.21. The lowest BCUT2D eigenvalue weighted by Crippen LogP contribution is -2.54. The molecule has 2 unspecified atom stereocenters. The predicted octanol–water partition coefficient (Wildman–Crippen LogP) is 2.04. The number of anilines is 1. The summed E-state index contributed by atoms with van der Waals surface area (Å²) in [5, 5.41) is 13.0. The van der Waals surface area contributed by atoms with E-state index in [4.69, 9.17) is 4.74 Å². The number of carbonyl (C=O) groups is 1. The van der Waals surface area contributed by atoms with E-state index in [1.54, 1.807) is 19.2 Å². The third kappa shape index (κ3) is 3.56. The van der Waals surface area contributed by atoms with Crippen LogP contribution in [0, 0.1) is 0 Å². The van der Waals surface area contributed by atoms with Crippen LogP contribution in [0.3, 0.4) is 0 Å². The van der Waals surface area contributed by atoms with Crippen LogP contribution in [-0.4, -0.2) is 53.3 Å². The predicted molar refractivity (Wildman–Crippen MR) is 95.3 cm³/mol. The van der Waals surface area contributed by atoms with Gasteiger partial charge >= 0.3 is 5.97 Å². The third-order valence-corrected chi connectivity index (χ3v) is 4.21. The number of aromatic nitrogens is 2. The van der Waals surface area contributed by atoms with Gasteiger partial charge in [-0.2, -0.15) is 0 Å². The van der Waals surface area contributed by atoms with Gasteiger partial charge in [-0.1, -0.05) is 12.1 Å². The second-order valence-corrected chi connectivity index (χ2v) is 6.31. The summed E-state index contributed by atoms with van der Waals surface area (Å²) in [7, 11) is 1.56. The molecule has 0 spiro atoms. The normalized spacial score (nSPS) is 20.4. The molecule has 2 atom stereocenters. The van der Waals surface area contributed by atoms with Gasteiger partial charge in [0.15, 0.2) is 0 Å². The highest BCUT2D eigenvalue weighted by Crippen LogP contribution is 2.31. The van der Waals surface area contributed by atoms with Gasteiger partial charge in [0.05, 0.1) is 12.8 Å². The molecule has 2 N–H and O–H groups in total. The molecule has 0 bridgehead atoms. The van der Waals surface area contributed by atoms with E-state index < -0.39 is 5.97 Å². The maximum Gasteiger partial charge on any atom is 0.339 e. The van der Waals surface area contributed by atoms with Gasteiger partial charge in [-0.3, -0.25) is 0 Å². The highest BCUT2D eigenvalue weighted by atomic mass is 16.5. The first-order valence-electron chi connectivity index (χ1n) is 8.24. The molecule has 25 heavy (non-hydrogen) atoms. The second kappa shape index (κ2) is 7.06. The molecule has 7 heteroatoms. The zero-order chi connectivity index (χ0) is 18.0. The van der Waals surface area contributed by atoms with Crippen molar-refractivity contribution >= 4 is 11.9 Å². The molecular weight excluding hydrogens is 320 g/mol. The van der Waals surface area contributed by atoms with Crippen molar-refractivity contribution < 1.29 is 14.6 Å². The van der Waals surface area contributed by atoms with Crippen LogP contribution in [-0.2, 0) is 0 Å². The van der Waals surface area contributed by atoms with E-state index in [0.717, 1.165) is 13.1 Å². The minimum Gasteiger partial charge on any atom is -0.496 e. The Balaban J connectivity index is 2.08. The molecule has 0 amide bonds. The number of hydrogen-bond donors (Lipinski definition) is 2. The number of nitrogens with zero attached hydrogens (tertiary/aromatic N) is 3. The number of rotatable bonds is 4. The van der Waals surface area contributed by atoms with Crippen LogP contribution >= 0.6 is 0 Å². The Morgan fingerprint density at radius 3 is 2.60 bits per heavy atom. The summed E-state index contributed by atoms with van der Waals surface area (Å²) in [4.78, 5) is 22.6. The molecule has 0 saturated carbocycles. The van der Waals surface area contributed by atoms with E-state index in [1.807, 2.05) is 12.1 Å². The fourth-order valence-corrected chi connectivity index (χ4v) is 3.22. The number of methoxy groups -OCH3 is 1. The number of benzene rings is 1. The van der Waals surface area contributed by atoms with Crippen LogP contribution in [0.2, 0.25) is 0 Å². The highest BCUT2D eigenvalue weighted by molar-refractivity contribution is 5.95. The number of piperazine rings is 1. The van der Waals surface area contributed by atoms with Crippen molar-refractivity contribution in [3.05, 3.63) is 36.0 Å². The maximum absolute atomic E-state index is 11.6. The van der Waals surface area contributed by atoms with Crippen molar-refractivity contribution in [1.82, 2.24) is 15.3 Å². The number of hydrogen-bond acceptors (Lipinski definition) is 6. The lowest BCUT2D eigenvalue weighted by Gasteiger charge is -2.36. The lowest BCUT2D eigenvalue weighted by molar-refractivity contribution is 0.0697. The number of aromatic carboxylic acids is 1. The largest absolute Gasteiger partial charge is 0.496 e. The molecule has 1 aliphatic rings. The second-order valence-electron chi connectivity index (χ2n) is 6.31. The van der Waals surface area contributed by atoms with Crippen molar-refractivity contribution in [2.75, 3.05) is 25.1 Å². The van der Waals surface area contributed by atoms with Gasteiger partial charge in [0.25, 0.3) is 0 Å². The Bertz CT molecular complexity index is 771. The first-order valence-corrected chi connectivity index (χ1v) is 8.24. The molecule has 0 aliphatic carbocycles. The summed E-state index contributed by atoms with van der Waals surface area (Å²) >= 11 is 0. The number of para-hydroxylation sites is 1. The minimum absolute atomic E-state index is 0.0597. The summed E-state index contributed by atoms with van der Waals surface area (Å²) < 4.78 is 5.38. The molecular formula is C18H22N4O3. The van der Waals surface area contributed by atoms with Gasteiger partial charge < -0.3 is 20.1 Å². The molecule has 1 aromatic carbocycles. The van der Waals surface area contributed by atoms with Crippen molar-refractivity contribution in [2.24, 2.45) is 0 Å². The van der Waals surface area contributed by atoms with E-state index in [-0.39, 0.29) is 5.56 Å². The minimum atomic E-state index is -1.06. The molecule has 7 nitrogen and oxygen atoms in total. The number of carboxylic acid groups (broad SMARTS) is 1. The first-order chi connectivity index (χ1) is 12.0. The highest BCUT2D eigenvalue weighted by Gasteiger charge is 2.25. The zero-order valence-electron chi connectivity index (χ0n) is 14.6. The van der Waals surface area contributed by atoms with Crippen LogP contribution in [0.4, 0.5) is 5.95 Å². The topological polar surface area (TPSA) is 87.6 Å². The maximum atomic E-state index is 11.6. The lowest BCUT2D eigenvalue weighted by atomic mass is 10.1. The van der Waals surface area contributed by atoms with E-state index in [1.165, 1.54) is 6.20 Å². The van der Waals surface area contributed by atoms with E-state index >= 15 is 0 Å². The summed E-state index contributed by atoms with van der Waals surface area (Å²) in [6.45, 7) is 5.75. The fourth-order valence-electron chi connectivity index (χ4n) is 3.22. The van der Waals surface area contributed by atoms with Crippen molar-refractivity contribution in [1.29, 1.82) is 0 Å². The van der Waals surface area contributed by atoms with E-state index in [0.29, 0.717) is 35.0 Å². The van der Waals surface area contributed by atoms with Crippen molar-refractivity contribution in [3.63, 3.8) is 0 Å². The molecule has 132 valence electrons. The smallest absolute Gasteiger partial charge is 0.339 e. The SMILES string of the molecule is COc1ccccc1-c1nc(N2CC(C)NC(C)C2)ncc1C(=O)O. The van der Waals surface area contributed by atoms with Crippen LogP contribution in [0.15, 0.2) is 30.5 Å². The molecule has 1 aliphatic heterocycles. The van der Waals surface area contributed by atoms with Gasteiger partial charge in [0.2, 0.25) is 5.95 Å². The number of carboxylic acids is 1. The summed E-state index contributed by atoms with van der Waals surface area (Å²) in [5.41, 5.74) is 1.07. The Morgan fingerprint density at radius 1 is 1.28 bits per heavy atom. The summed E-state index contributed by atoms with van der Waals surface area (Å²) in [6.07, 6.45) is 1.38. The molecule has 1 fully saturated rings. The standard InChI is InChI=1S/C18H22N4O3/c1-11-9-22(10-12(2)20-11)18-19-8-14(17(23)24)16(21-18)13-6-4-5-7-15(13)25-3/h4-8,11-12,20H,9-10H2,1-3H3,(H,23,24). The molecule has 1 aromatic heterocycles. The average Bonchev–Trinajstić information content (AvgIpc) is 2.60. The van der Waals surface area contributed by atoms with Crippen LogP contribution in [0.25, 0.3) is 11.3 Å². The summed E-state index contributed by atoms with van der Waals surface area (Å²) in [5.74, 6) is 0.0531. The van der Waals surface area contributed by atoms with Gasteiger partial charge in [-0.25, -0.2) is 14.8 Å². The van der Waals surface area contributed by atoms with Gasteiger partial charge in [-0.05, 0) is 26.0 Å². The van der Waals surface area contributed by atoms with Gasteiger partial charge in [0, 0.05) is 36.9 Å². The first kappa shape index (κ1) is 17.2. The molecule has 3 rings (SSSR count). The molecule has 2 heterocycles. The molecule has 2 aromatic rings.